The highest BCUT2D eigenvalue weighted by Crippen LogP contribution is 2.26. The zero-order valence-corrected chi connectivity index (χ0v) is 15.9. The minimum atomic E-state index is -0.260. The molecular weight excluding hydrogens is 361 g/mol. The molecule has 1 aromatic heterocycles. The van der Waals surface area contributed by atoms with Crippen LogP contribution in [0.1, 0.15) is 11.1 Å². The third kappa shape index (κ3) is 3.76. The van der Waals surface area contributed by atoms with E-state index in [-0.39, 0.29) is 11.7 Å². The molecule has 2 aromatic carbocycles. The minimum Gasteiger partial charge on any atom is -0.337 e. The van der Waals surface area contributed by atoms with Gasteiger partial charge in [0.05, 0.1) is 17.6 Å². The summed E-state index contributed by atoms with van der Waals surface area (Å²) in [5.74, 6) is 0.223. The maximum atomic E-state index is 13.1. The van der Waals surface area contributed by atoms with Crippen molar-refractivity contribution < 1.29 is 9.18 Å². The van der Waals surface area contributed by atoms with Crippen LogP contribution in [-0.2, 0) is 24.8 Å². The summed E-state index contributed by atoms with van der Waals surface area (Å²) < 4.78 is 15.1. The van der Waals surface area contributed by atoms with Crippen LogP contribution < -0.4 is 0 Å². The molecule has 0 saturated carbocycles. The largest absolute Gasteiger partial charge is 0.337 e. The van der Waals surface area contributed by atoms with Gasteiger partial charge in [-0.1, -0.05) is 36.0 Å². The number of carbonyl (C=O) groups excluding carboxylic acids is 1. The predicted molar refractivity (Wildman–Crippen MR) is 105 cm³/mol. The van der Waals surface area contributed by atoms with Crippen molar-refractivity contribution in [3.8, 4) is 11.3 Å². The van der Waals surface area contributed by atoms with Crippen LogP contribution in [0.15, 0.2) is 59.9 Å². The van der Waals surface area contributed by atoms with Crippen LogP contribution in [0.5, 0.6) is 0 Å². The summed E-state index contributed by atoms with van der Waals surface area (Å²) in [6.07, 6.45) is 2.67. The minimum absolute atomic E-state index is 0.126. The second-order valence-electron chi connectivity index (χ2n) is 6.61. The van der Waals surface area contributed by atoms with Gasteiger partial charge >= 0.3 is 0 Å². The number of carbonyl (C=O) groups is 1. The lowest BCUT2D eigenvalue weighted by Crippen LogP contribution is -2.37. The van der Waals surface area contributed by atoms with E-state index in [9.17, 15) is 9.18 Å². The zero-order valence-electron chi connectivity index (χ0n) is 15.1. The third-order valence-corrected chi connectivity index (χ3v) is 5.92. The quantitative estimate of drug-likeness (QED) is 0.643. The molecular formula is C21H20FN3OS. The Morgan fingerprint density at radius 3 is 2.67 bits per heavy atom. The molecule has 0 aliphatic carbocycles. The number of nitrogens with zero attached hydrogens (tertiary/aromatic N) is 3. The van der Waals surface area contributed by atoms with Gasteiger partial charge in [0.25, 0.3) is 0 Å². The monoisotopic (exact) mass is 381 g/mol. The lowest BCUT2D eigenvalue weighted by Gasteiger charge is -2.28. The molecule has 1 aliphatic rings. The van der Waals surface area contributed by atoms with Crippen LogP contribution in [0.4, 0.5) is 4.39 Å². The summed E-state index contributed by atoms with van der Waals surface area (Å²) in [5, 5.41) is 0.778. The van der Waals surface area contributed by atoms with Crippen molar-refractivity contribution in [2.24, 2.45) is 7.05 Å². The second kappa shape index (κ2) is 7.56. The maximum absolute atomic E-state index is 13.1. The highest BCUT2D eigenvalue weighted by atomic mass is 32.2. The molecule has 0 unspecified atom stereocenters. The van der Waals surface area contributed by atoms with Crippen LogP contribution in [0, 0.1) is 5.82 Å². The first kappa shape index (κ1) is 17.8. The van der Waals surface area contributed by atoms with E-state index in [4.69, 9.17) is 0 Å². The second-order valence-corrected chi connectivity index (χ2v) is 7.56. The molecule has 138 valence electrons. The standard InChI is InChI=1S/C21H20FN3OS/c1-24-19(16-6-8-18(22)9-7-16)12-23-21(24)27-14-20(26)25-11-10-15-4-2-3-5-17(15)13-25/h2-9,12H,10-11,13-14H2,1H3. The van der Waals surface area contributed by atoms with Crippen LogP contribution >= 0.6 is 11.8 Å². The molecule has 27 heavy (non-hydrogen) atoms. The van der Waals surface area contributed by atoms with E-state index in [1.54, 1.807) is 18.3 Å². The van der Waals surface area contributed by atoms with Crippen molar-refractivity contribution in [1.82, 2.24) is 14.5 Å². The molecule has 0 fully saturated rings. The summed E-state index contributed by atoms with van der Waals surface area (Å²) in [6.45, 7) is 1.44. The predicted octanol–water partition coefficient (Wildman–Crippen LogP) is 3.90. The first-order valence-corrected chi connectivity index (χ1v) is 9.85. The van der Waals surface area contributed by atoms with Gasteiger partial charge in [0.2, 0.25) is 5.91 Å². The van der Waals surface area contributed by atoms with Crippen molar-refractivity contribution in [2.45, 2.75) is 18.1 Å². The smallest absolute Gasteiger partial charge is 0.233 e. The number of aromatic nitrogens is 2. The number of hydrogen-bond acceptors (Lipinski definition) is 3. The van der Waals surface area contributed by atoms with E-state index in [0.717, 1.165) is 29.4 Å². The van der Waals surface area contributed by atoms with Crippen molar-refractivity contribution in [3.05, 3.63) is 71.7 Å². The molecule has 0 saturated heterocycles. The molecule has 6 heteroatoms. The third-order valence-electron chi connectivity index (χ3n) is 4.89. The number of hydrogen-bond donors (Lipinski definition) is 0. The molecule has 2 heterocycles. The van der Waals surface area contributed by atoms with Gasteiger partial charge in [0.1, 0.15) is 5.82 Å². The number of halogens is 1. The van der Waals surface area contributed by atoms with Gasteiger partial charge in [-0.05, 0) is 47.4 Å². The Bertz CT molecular complexity index is 968. The van der Waals surface area contributed by atoms with Gasteiger partial charge in [-0.2, -0.15) is 0 Å². The summed E-state index contributed by atoms with van der Waals surface area (Å²) in [5.41, 5.74) is 4.37. The van der Waals surface area contributed by atoms with E-state index in [1.807, 2.05) is 28.6 Å². The number of thioether (sulfide) groups is 1. The van der Waals surface area contributed by atoms with Gasteiger partial charge in [-0.15, -0.1) is 0 Å². The highest BCUT2D eigenvalue weighted by molar-refractivity contribution is 7.99. The zero-order chi connectivity index (χ0) is 18.8. The fraction of sp³-hybridized carbons (Fsp3) is 0.238. The Kier molecular flexibility index (Phi) is 4.99. The SMILES string of the molecule is Cn1c(-c2ccc(F)cc2)cnc1SCC(=O)N1CCc2ccccc2C1. The highest BCUT2D eigenvalue weighted by Gasteiger charge is 2.21. The molecule has 4 nitrogen and oxygen atoms in total. The first-order chi connectivity index (χ1) is 13.1. The van der Waals surface area contributed by atoms with Gasteiger partial charge in [-0.3, -0.25) is 4.79 Å². The van der Waals surface area contributed by atoms with Gasteiger partial charge in [0, 0.05) is 20.1 Å². The molecule has 0 radical (unpaired) electrons. The molecule has 0 N–H and O–H groups in total. The fourth-order valence-electron chi connectivity index (χ4n) is 3.34. The molecule has 4 rings (SSSR count). The average molecular weight is 381 g/mol. The van der Waals surface area contributed by atoms with E-state index < -0.39 is 0 Å². The molecule has 0 bridgehead atoms. The van der Waals surface area contributed by atoms with E-state index in [2.05, 4.69) is 17.1 Å². The van der Waals surface area contributed by atoms with Gasteiger partial charge in [-0.25, -0.2) is 9.37 Å². The maximum Gasteiger partial charge on any atom is 0.233 e. The summed E-state index contributed by atoms with van der Waals surface area (Å²) in [4.78, 5) is 19.0. The molecule has 1 aliphatic heterocycles. The molecule has 1 amide bonds. The van der Waals surface area contributed by atoms with E-state index in [0.29, 0.717) is 12.3 Å². The van der Waals surface area contributed by atoms with Crippen molar-refractivity contribution in [3.63, 3.8) is 0 Å². The number of benzene rings is 2. The van der Waals surface area contributed by atoms with Gasteiger partial charge in [0.15, 0.2) is 5.16 Å². The van der Waals surface area contributed by atoms with Crippen molar-refractivity contribution in [1.29, 1.82) is 0 Å². The van der Waals surface area contributed by atoms with Crippen molar-refractivity contribution in [2.75, 3.05) is 12.3 Å². The Balaban J connectivity index is 1.41. The molecule has 0 spiro atoms. The van der Waals surface area contributed by atoms with Crippen molar-refractivity contribution >= 4 is 17.7 Å². The molecule has 0 atom stereocenters. The summed E-state index contributed by atoms with van der Waals surface area (Å²) >= 11 is 1.44. The number of fused-ring (bicyclic) bond motifs is 1. The Morgan fingerprint density at radius 1 is 1.15 bits per heavy atom. The Morgan fingerprint density at radius 2 is 1.89 bits per heavy atom. The van der Waals surface area contributed by atoms with Crippen LogP contribution in [-0.4, -0.2) is 32.7 Å². The average Bonchev–Trinajstić information content (AvgIpc) is 3.07. The lowest BCUT2D eigenvalue weighted by atomic mass is 10.00. The topological polar surface area (TPSA) is 38.1 Å². The Labute approximate surface area is 162 Å². The number of amides is 1. The summed E-state index contributed by atoms with van der Waals surface area (Å²) in [7, 11) is 1.91. The molecule has 3 aromatic rings. The van der Waals surface area contributed by atoms with Crippen LogP contribution in [0.25, 0.3) is 11.3 Å². The van der Waals surface area contributed by atoms with E-state index in [1.165, 1.54) is 35.0 Å². The lowest BCUT2D eigenvalue weighted by molar-refractivity contribution is -0.129. The van der Waals surface area contributed by atoms with Crippen LogP contribution in [0.3, 0.4) is 0 Å². The van der Waals surface area contributed by atoms with Crippen LogP contribution in [0.2, 0.25) is 0 Å². The number of imidazole rings is 1. The number of rotatable bonds is 4. The first-order valence-electron chi connectivity index (χ1n) is 8.87. The van der Waals surface area contributed by atoms with Gasteiger partial charge < -0.3 is 9.47 Å². The fourth-order valence-corrected chi connectivity index (χ4v) is 4.20. The summed E-state index contributed by atoms with van der Waals surface area (Å²) in [6, 6.07) is 14.6. The Hall–Kier alpha value is -2.60. The normalized spacial score (nSPS) is 13.5. The van der Waals surface area contributed by atoms with E-state index >= 15 is 0 Å².